The van der Waals surface area contributed by atoms with E-state index in [0.717, 1.165) is 0 Å². The first-order valence-electron chi connectivity index (χ1n) is 3.51. The fourth-order valence-corrected chi connectivity index (χ4v) is 1.46. The van der Waals surface area contributed by atoms with Crippen LogP contribution in [0.4, 0.5) is 8.78 Å². The van der Waals surface area contributed by atoms with E-state index in [-0.39, 0.29) is 17.7 Å². The zero-order valence-corrected chi connectivity index (χ0v) is 5.76. The fourth-order valence-electron chi connectivity index (χ4n) is 1.46. The molecule has 1 N–H and O–H groups in total. The molecule has 62 valence electrons. The number of hydrogen-bond acceptors (Lipinski definition) is 3. The molecule has 0 saturated carbocycles. The largest absolute Gasteiger partial charge is 0.390 e. The molecule has 0 aromatic rings. The van der Waals surface area contributed by atoms with Crippen molar-refractivity contribution in [3.63, 3.8) is 0 Å². The predicted octanol–water partition coefficient (Wildman–Crippen LogP) is 0.226. The molecule has 0 spiro atoms. The molecule has 3 nitrogen and oxygen atoms in total. The van der Waals surface area contributed by atoms with E-state index >= 15 is 0 Å². The molecule has 2 heterocycles. The van der Waals surface area contributed by atoms with Crippen molar-refractivity contribution in [1.29, 1.82) is 0 Å². The first-order chi connectivity index (χ1) is 5.29. The van der Waals surface area contributed by atoms with Crippen molar-refractivity contribution >= 4 is 5.71 Å². The molecule has 0 amide bonds. The maximum absolute atomic E-state index is 12.1. The Labute approximate surface area is 62.4 Å². The summed E-state index contributed by atoms with van der Waals surface area (Å²) < 4.78 is 24.3. The van der Waals surface area contributed by atoms with Gasteiger partial charge >= 0.3 is 0 Å². The Morgan fingerprint density at radius 2 is 2.36 bits per heavy atom. The van der Waals surface area contributed by atoms with E-state index in [0.29, 0.717) is 13.1 Å². The van der Waals surface area contributed by atoms with Crippen LogP contribution in [0.3, 0.4) is 0 Å². The van der Waals surface area contributed by atoms with E-state index in [1.165, 1.54) is 0 Å². The lowest BCUT2D eigenvalue weighted by Gasteiger charge is -2.05. The second-order valence-electron chi connectivity index (χ2n) is 2.73. The zero-order chi connectivity index (χ0) is 7.84. The van der Waals surface area contributed by atoms with Crippen LogP contribution in [0.5, 0.6) is 0 Å². The summed E-state index contributed by atoms with van der Waals surface area (Å²) in [6, 6.07) is 0. The number of hydrogen-bond donors (Lipinski definition) is 1. The van der Waals surface area contributed by atoms with Crippen LogP contribution in [0.1, 0.15) is 0 Å². The van der Waals surface area contributed by atoms with Gasteiger partial charge < -0.3 is 10.2 Å². The quantitative estimate of drug-likeness (QED) is 0.598. The SMILES string of the molecule is FC(F)C1=NOC2CNCC12. The summed E-state index contributed by atoms with van der Waals surface area (Å²) in [5, 5.41) is 6.32. The van der Waals surface area contributed by atoms with Crippen molar-refractivity contribution in [2.75, 3.05) is 13.1 Å². The van der Waals surface area contributed by atoms with E-state index in [2.05, 4.69) is 10.5 Å². The monoisotopic (exact) mass is 162 g/mol. The van der Waals surface area contributed by atoms with Gasteiger partial charge in [-0.05, 0) is 0 Å². The smallest absolute Gasteiger partial charge is 0.280 e. The van der Waals surface area contributed by atoms with Gasteiger partial charge in [0.05, 0.1) is 5.92 Å². The zero-order valence-electron chi connectivity index (χ0n) is 5.76. The number of nitrogens with zero attached hydrogens (tertiary/aromatic N) is 1. The Bertz CT molecular complexity index is 195. The Morgan fingerprint density at radius 3 is 3.09 bits per heavy atom. The molecular weight excluding hydrogens is 154 g/mol. The standard InChI is InChI=1S/C6H8F2N2O/c7-6(8)5-3-1-9-2-4(3)11-10-5/h3-4,6,9H,1-2H2. The van der Waals surface area contributed by atoms with Crippen molar-refractivity contribution in [2.24, 2.45) is 11.1 Å². The lowest BCUT2D eigenvalue weighted by molar-refractivity contribution is 0.0841. The molecule has 5 heteroatoms. The van der Waals surface area contributed by atoms with Gasteiger partial charge in [0, 0.05) is 13.1 Å². The van der Waals surface area contributed by atoms with Crippen LogP contribution in [0.2, 0.25) is 0 Å². The molecule has 1 fully saturated rings. The Balaban J connectivity index is 2.12. The van der Waals surface area contributed by atoms with Gasteiger partial charge in [-0.2, -0.15) is 0 Å². The minimum atomic E-state index is -2.47. The van der Waals surface area contributed by atoms with Crippen molar-refractivity contribution in [2.45, 2.75) is 12.5 Å². The van der Waals surface area contributed by atoms with Crippen molar-refractivity contribution in [3.8, 4) is 0 Å². The van der Waals surface area contributed by atoms with Gasteiger partial charge in [0.2, 0.25) is 0 Å². The average Bonchev–Trinajstić information content (AvgIpc) is 2.41. The summed E-state index contributed by atoms with van der Waals surface area (Å²) in [6.07, 6.45) is -2.62. The second kappa shape index (κ2) is 2.41. The van der Waals surface area contributed by atoms with Crippen LogP contribution in [0, 0.1) is 5.92 Å². The highest BCUT2D eigenvalue weighted by Crippen LogP contribution is 2.24. The highest BCUT2D eigenvalue weighted by molar-refractivity contribution is 5.91. The molecule has 0 aliphatic carbocycles. The number of fused-ring (bicyclic) bond motifs is 1. The normalized spacial score (nSPS) is 35.4. The molecule has 2 rings (SSSR count). The van der Waals surface area contributed by atoms with E-state index in [1.54, 1.807) is 0 Å². The van der Waals surface area contributed by atoms with Crippen LogP contribution in [-0.2, 0) is 4.84 Å². The maximum atomic E-state index is 12.1. The van der Waals surface area contributed by atoms with Crippen LogP contribution < -0.4 is 5.32 Å². The Morgan fingerprint density at radius 1 is 1.55 bits per heavy atom. The topological polar surface area (TPSA) is 33.6 Å². The third-order valence-electron chi connectivity index (χ3n) is 2.06. The minimum absolute atomic E-state index is 0.0972. The van der Waals surface area contributed by atoms with Crippen LogP contribution in [0.15, 0.2) is 5.16 Å². The van der Waals surface area contributed by atoms with Crippen molar-refractivity contribution < 1.29 is 13.6 Å². The summed E-state index contributed by atoms with van der Waals surface area (Å²) in [7, 11) is 0. The molecule has 0 aromatic heterocycles. The summed E-state index contributed by atoms with van der Waals surface area (Å²) in [5.41, 5.74) is -0.0972. The Kier molecular flexibility index (Phi) is 1.52. The summed E-state index contributed by atoms with van der Waals surface area (Å²) >= 11 is 0. The number of rotatable bonds is 1. The number of nitrogens with one attached hydrogen (secondary N) is 1. The van der Waals surface area contributed by atoms with Gasteiger partial charge in [-0.25, -0.2) is 8.78 Å². The summed E-state index contributed by atoms with van der Waals surface area (Å²) in [5.74, 6) is -0.199. The number of oxime groups is 1. The maximum Gasteiger partial charge on any atom is 0.280 e. The molecule has 11 heavy (non-hydrogen) atoms. The van der Waals surface area contributed by atoms with E-state index in [9.17, 15) is 8.78 Å². The van der Waals surface area contributed by atoms with Crippen LogP contribution in [-0.4, -0.2) is 31.3 Å². The minimum Gasteiger partial charge on any atom is -0.390 e. The molecule has 0 radical (unpaired) electrons. The lowest BCUT2D eigenvalue weighted by Crippen LogP contribution is -2.25. The fraction of sp³-hybridized carbons (Fsp3) is 0.833. The van der Waals surface area contributed by atoms with E-state index in [4.69, 9.17) is 4.84 Å². The van der Waals surface area contributed by atoms with Crippen molar-refractivity contribution in [3.05, 3.63) is 0 Å². The van der Waals surface area contributed by atoms with Crippen LogP contribution >= 0.6 is 0 Å². The highest BCUT2D eigenvalue weighted by Gasteiger charge is 2.41. The molecule has 2 aliphatic heterocycles. The summed E-state index contributed by atoms with van der Waals surface area (Å²) in [6.45, 7) is 1.19. The Hall–Kier alpha value is -0.710. The van der Waals surface area contributed by atoms with Crippen molar-refractivity contribution in [1.82, 2.24) is 5.32 Å². The highest BCUT2D eigenvalue weighted by atomic mass is 19.3. The van der Waals surface area contributed by atoms with Gasteiger partial charge in [-0.15, -0.1) is 0 Å². The van der Waals surface area contributed by atoms with E-state index in [1.807, 2.05) is 0 Å². The third-order valence-corrected chi connectivity index (χ3v) is 2.06. The van der Waals surface area contributed by atoms with E-state index < -0.39 is 6.43 Å². The average molecular weight is 162 g/mol. The van der Waals surface area contributed by atoms with Crippen LogP contribution in [0.25, 0.3) is 0 Å². The molecule has 0 bridgehead atoms. The first kappa shape index (κ1) is 6.97. The van der Waals surface area contributed by atoms with Gasteiger partial charge in [0.25, 0.3) is 6.43 Å². The number of alkyl halides is 2. The van der Waals surface area contributed by atoms with Gasteiger partial charge in [0.15, 0.2) is 0 Å². The molecule has 2 atom stereocenters. The molecular formula is C6H8F2N2O. The van der Waals surface area contributed by atoms with Gasteiger partial charge in [-0.3, -0.25) is 0 Å². The molecule has 0 aromatic carbocycles. The molecule has 1 saturated heterocycles. The lowest BCUT2D eigenvalue weighted by atomic mass is 10.0. The molecule has 2 unspecified atom stereocenters. The second-order valence-corrected chi connectivity index (χ2v) is 2.73. The first-order valence-corrected chi connectivity index (χ1v) is 3.51. The number of halogens is 2. The van der Waals surface area contributed by atoms with Gasteiger partial charge in [0.1, 0.15) is 11.8 Å². The third kappa shape index (κ3) is 0.994. The summed E-state index contributed by atoms with van der Waals surface area (Å²) in [4.78, 5) is 4.80. The predicted molar refractivity (Wildman–Crippen MR) is 34.7 cm³/mol. The molecule has 2 aliphatic rings. The van der Waals surface area contributed by atoms with Gasteiger partial charge in [-0.1, -0.05) is 5.16 Å².